The molecule has 0 aliphatic heterocycles. The third kappa shape index (κ3) is 5.27. The van der Waals surface area contributed by atoms with Gasteiger partial charge in [0.2, 0.25) is 0 Å². The Morgan fingerprint density at radius 1 is 0.714 bits per heavy atom. The van der Waals surface area contributed by atoms with Crippen molar-refractivity contribution in [2.24, 2.45) is 11.8 Å². The summed E-state index contributed by atoms with van der Waals surface area (Å²) in [5.41, 5.74) is 9.18. The van der Waals surface area contributed by atoms with Crippen LogP contribution < -0.4 is 0 Å². The van der Waals surface area contributed by atoms with E-state index >= 15 is 0 Å². The quantitative estimate of drug-likeness (QED) is 0.254. The first-order chi connectivity index (χ1) is 16.8. The van der Waals surface area contributed by atoms with Crippen LogP contribution in [0, 0.1) is 11.8 Å². The van der Waals surface area contributed by atoms with Crippen LogP contribution >= 0.6 is 0 Å². The average molecular weight is 465 g/mol. The highest BCUT2D eigenvalue weighted by molar-refractivity contribution is 5.72. The molecule has 0 N–H and O–H groups in total. The van der Waals surface area contributed by atoms with Crippen molar-refractivity contribution in [2.45, 2.75) is 66.7 Å². The molecule has 0 saturated carbocycles. The van der Waals surface area contributed by atoms with Gasteiger partial charge in [0, 0.05) is 18.0 Å². The van der Waals surface area contributed by atoms with Crippen LogP contribution in [0.4, 0.5) is 0 Å². The van der Waals surface area contributed by atoms with Crippen molar-refractivity contribution in [3.8, 4) is 28.2 Å². The Kier molecular flexibility index (Phi) is 7.60. The highest BCUT2D eigenvalue weighted by Crippen LogP contribution is 2.38. The third-order valence-corrected chi connectivity index (χ3v) is 7.34. The Hall–Kier alpha value is -3.13. The van der Waals surface area contributed by atoms with Crippen molar-refractivity contribution in [3.63, 3.8) is 0 Å². The second kappa shape index (κ2) is 10.6. The largest absolute Gasteiger partial charge is 0.299 e. The molecule has 2 heteroatoms. The second-order valence-electron chi connectivity index (χ2n) is 10.9. The van der Waals surface area contributed by atoms with Gasteiger partial charge in [0.15, 0.2) is 0 Å². The number of benzene rings is 3. The van der Waals surface area contributed by atoms with Gasteiger partial charge in [0.05, 0.1) is 5.69 Å². The minimum Gasteiger partial charge on any atom is -0.299 e. The fraction of sp³-hybridized carbons (Fsp3) is 0.364. The Labute approximate surface area is 212 Å². The van der Waals surface area contributed by atoms with Crippen molar-refractivity contribution in [1.29, 1.82) is 0 Å². The number of aromatic nitrogens is 2. The summed E-state index contributed by atoms with van der Waals surface area (Å²) in [4.78, 5) is 4.92. The fourth-order valence-corrected chi connectivity index (χ4v) is 4.82. The lowest BCUT2D eigenvalue weighted by Gasteiger charge is -2.24. The zero-order valence-corrected chi connectivity index (χ0v) is 22.4. The molecule has 1 heterocycles. The molecule has 1 atom stereocenters. The minimum absolute atomic E-state index is 0.387. The summed E-state index contributed by atoms with van der Waals surface area (Å²) in [6.07, 6.45) is 5.16. The number of hydrogen-bond donors (Lipinski definition) is 0. The van der Waals surface area contributed by atoms with E-state index < -0.39 is 0 Å². The summed E-state index contributed by atoms with van der Waals surface area (Å²) < 4.78 is 2.35. The molecule has 0 spiro atoms. The molecule has 3 aromatic carbocycles. The van der Waals surface area contributed by atoms with Gasteiger partial charge in [-0.25, -0.2) is 4.98 Å². The van der Waals surface area contributed by atoms with Crippen LogP contribution in [-0.4, -0.2) is 9.55 Å². The molecule has 4 aromatic rings. The van der Waals surface area contributed by atoms with Gasteiger partial charge in [0.25, 0.3) is 0 Å². The summed E-state index contributed by atoms with van der Waals surface area (Å²) >= 11 is 0. The molecule has 0 aliphatic rings. The van der Waals surface area contributed by atoms with Gasteiger partial charge in [-0.3, -0.25) is 4.57 Å². The number of hydrogen-bond acceptors (Lipinski definition) is 1. The summed E-state index contributed by atoms with van der Waals surface area (Å²) in [7, 11) is 0. The SMILES string of the molecule is CC(C)c1cc(-c2ccccc2)cc(C(C)C)c1-n1ccnc1-c1ccccc1C[C@@H](C)C(C)C. The Morgan fingerprint density at radius 2 is 1.31 bits per heavy atom. The summed E-state index contributed by atoms with van der Waals surface area (Å²) in [5, 5.41) is 0. The molecule has 0 fully saturated rings. The minimum atomic E-state index is 0.387. The molecule has 0 bridgehead atoms. The van der Waals surface area contributed by atoms with Gasteiger partial charge >= 0.3 is 0 Å². The van der Waals surface area contributed by atoms with E-state index in [-0.39, 0.29) is 0 Å². The highest BCUT2D eigenvalue weighted by Gasteiger charge is 2.22. The summed E-state index contributed by atoms with van der Waals surface area (Å²) in [6.45, 7) is 16.2. The van der Waals surface area contributed by atoms with Crippen LogP contribution in [0.1, 0.15) is 77.0 Å². The van der Waals surface area contributed by atoms with Gasteiger partial charge in [-0.05, 0) is 70.0 Å². The van der Waals surface area contributed by atoms with Crippen LogP contribution in [0.3, 0.4) is 0 Å². The Morgan fingerprint density at radius 3 is 1.91 bits per heavy atom. The molecule has 2 nitrogen and oxygen atoms in total. The maximum atomic E-state index is 4.92. The molecule has 0 amide bonds. The van der Waals surface area contributed by atoms with E-state index in [1.807, 2.05) is 6.20 Å². The van der Waals surface area contributed by atoms with Crippen LogP contribution in [-0.2, 0) is 6.42 Å². The third-order valence-electron chi connectivity index (χ3n) is 7.34. The topological polar surface area (TPSA) is 17.8 Å². The first-order valence-corrected chi connectivity index (χ1v) is 13.1. The van der Waals surface area contributed by atoms with Crippen LogP contribution in [0.5, 0.6) is 0 Å². The molecule has 35 heavy (non-hydrogen) atoms. The molecular formula is C33H40N2. The molecule has 0 radical (unpaired) electrons. The normalized spacial score (nSPS) is 12.6. The van der Waals surface area contributed by atoms with Crippen molar-refractivity contribution < 1.29 is 0 Å². The van der Waals surface area contributed by atoms with E-state index in [2.05, 4.69) is 126 Å². The first-order valence-electron chi connectivity index (χ1n) is 13.1. The van der Waals surface area contributed by atoms with Crippen LogP contribution in [0.25, 0.3) is 28.2 Å². The van der Waals surface area contributed by atoms with Crippen LogP contribution in [0.15, 0.2) is 79.1 Å². The zero-order chi connectivity index (χ0) is 25.1. The summed E-state index contributed by atoms with van der Waals surface area (Å²) in [5.74, 6) is 3.07. The van der Waals surface area contributed by atoms with Gasteiger partial charge in [-0.15, -0.1) is 0 Å². The van der Waals surface area contributed by atoms with E-state index in [0.29, 0.717) is 23.7 Å². The predicted molar refractivity (Wildman–Crippen MR) is 150 cm³/mol. The van der Waals surface area contributed by atoms with Gasteiger partial charge < -0.3 is 0 Å². The van der Waals surface area contributed by atoms with Crippen LogP contribution in [0.2, 0.25) is 0 Å². The molecule has 1 aromatic heterocycles. The zero-order valence-electron chi connectivity index (χ0n) is 22.4. The summed E-state index contributed by atoms with van der Waals surface area (Å²) in [6, 6.07) is 24.3. The lowest BCUT2D eigenvalue weighted by atomic mass is 9.87. The molecule has 0 saturated heterocycles. The lowest BCUT2D eigenvalue weighted by Crippen LogP contribution is -2.11. The van der Waals surface area contributed by atoms with Gasteiger partial charge in [-0.2, -0.15) is 0 Å². The number of rotatable bonds is 8. The standard InChI is InChI=1S/C33H40N2/c1-22(2)25(7)19-27-15-11-12-16-29(27)33-34-17-18-35(33)32-30(23(3)4)20-28(21-31(32)24(5)6)26-13-9-8-10-14-26/h8-18,20-25H,19H2,1-7H3/t25-/m1/s1. The Bertz CT molecular complexity index is 1230. The smallest absolute Gasteiger partial charge is 0.144 e. The molecular weight excluding hydrogens is 424 g/mol. The van der Waals surface area contributed by atoms with E-state index in [1.165, 1.54) is 39.1 Å². The molecule has 0 unspecified atom stereocenters. The van der Waals surface area contributed by atoms with Gasteiger partial charge in [-0.1, -0.05) is 103 Å². The number of nitrogens with zero attached hydrogens (tertiary/aromatic N) is 2. The maximum Gasteiger partial charge on any atom is 0.144 e. The van der Waals surface area contributed by atoms with Crippen molar-refractivity contribution in [1.82, 2.24) is 9.55 Å². The molecule has 182 valence electrons. The van der Waals surface area contributed by atoms with E-state index in [9.17, 15) is 0 Å². The number of imidazole rings is 1. The van der Waals surface area contributed by atoms with Crippen molar-refractivity contribution >= 4 is 0 Å². The van der Waals surface area contributed by atoms with Crippen molar-refractivity contribution in [2.75, 3.05) is 0 Å². The monoisotopic (exact) mass is 464 g/mol. The first kappa shape index (κ1) is 25.0. The van der Waals surface area contributed by atoms with E-state index in [4.69, 9.17) is 4.98 Å². The lowest BCUT2D eigenvalue weighted by molar-refractivity contribution is 0.417. The average Bonchev–Trinajstić information content (AvgIpc) is 3.33. The maximum absolute atomic E-state index is 4.92. The van der Waals surface area contributed by atoms with E-state index in [0.717, 1.165) is 12.2 Å². The van der Waals surface area contributed by atoms with Crippen molar-refractivity contribution in [3.05, 3.63) is 95.8 Å². The molecule has 0 aliphatic carbocycles. The highest BCUT2D eigenvalue weighted by atomic mass is 15.1. The van der Waals surface area contributed by atoms with Gasteiger partial charge in [0.1, 0.15) is 5.82 Å². The molecule has 4 rings (SSSR count). The predicted octanol–water partition coefficient (Wildman–Crippen LogP) is 9.29. The Balaban J connectivity index is 1.92. The van der Waals surface area contributed by atoms with E-state index in [1.54, 1.807) is 0 Å². The second-order valence-corrected chi connectivity index (χ2v) is 10.9. The fourth-order valence-electron chi connectivity index (χ4n) is 4.82.